The smallest absolute Gasteiger partial charge is 0.123 e. The summed E-state index contributed by atoms with van der Waals surface area (Å²) in [6.45, 7) is 6.99. The third-order valence-electron chi connectivity index (χ3n) is 3.93. The molecule has 1 rings (SSSR count). The van der Waals surface area contributed by atoms with E-state index in [2.05, 4.69) is 4.90 Å². The van der Waals surface area contributed by atoms with Gasteiger partial charge in [0.2, 0.25) is 0 Å². The normalized spacial score (nSPS) is 14.1. The molecule has 0 fully saturated rings. The maximum Gasteiger partial charge on any atom is 0.123 e. The summed E-state index contributed by atoms with van der Waals surface area (Å²) in [7, 11) is 4.00. The molecule has 1 atom stereocenters. The molecule has 0 bridgehead atoms. The molecule has 24 heavy (non-hydrogen) atoms. The number of nitrogens with two attached hydrogens (primary N) is 2. The largest absolute Gasteiger partial charge is 0.492 e. The van der Waals surface area contributed by atoms with Gasteiger partial charge in [0.15, 0.2) is 0 Å². The van der Waals surface area contributed by atoms with Crippen LogP contribution in [0.5, 0.6) is 5.75 Å². The van der Waals surface area contributed by atoms with Gasteiger partial charge in [-0.25, -0.2) is 0 Å². The van der Waals surface area contributed by atoms with E-state index in [0.717, 1.165) is 29.1 Å². The van der Waals surface area contributed by atoms with Gasteiger partial charge in [-0.05, 0) is 59.0 Å². The second-order valence-electron chi connectivity index (χ2n) is 6.28. The van der Waals surface area contributed by atoms with Crippen LogP contribution in [0.4, 0.5) is 5.69 Å². The molecule has 0 aliphatic heterocycles. The van der Waals surface area contributed by atoms with Gasteiger partial charge in [-0.3, -0.25) is 0 Å². The van der Waals surface area contributed by atoms with Gasteiger partial charge in [-0.1, -0.05) is 12.2 Å². The van der Waals surface area contributed by atoms with Crippen LogP contribution in [0.2, 0.25) is 0 Å². The minimum atomic E-state index is -0.756. The molecule has 0 aliphatic carbocycles. The van der Waals surface area contributed by atoms with E-state index in [-0.39, 0.29) is 0 Å². The molecule has 5 N–H and O–H groups in total. The Morgan fingerprint density at radius 3 is 2.54 bits per heavy atom. The molecule has 0 radical (unpaired) electrons. The lowest BCUT2D eigenvalue weighted by molar-refractivity contribution is 0.213. The van der Waals surface area contributed by atoms with Crippen molar-refractivity contribution in [2.45, 2.75) is 33.3 Å². The minimum Gasteiger partial charge on any atom is -0.492 e. The van der Waals surface area contributed by atoms with Crippen molar-refractivity contribution >= 4 is 5.69 Å². The summed E-state index contributed by atoms with van der Waals surface area (Å²) in [4.78, 5) is 2.06. The fourth-order valence-electron chi connectivity index (χ4n) is 2.32. The van der Waals surface area contributed by atoms with Gasteiger partial charge in [0, 0.05) is 29.1 Å². The molecule has 0 saturated carbocycles. The Morgan fingerprint density at radius 1 is 1.33 bits per heavy atom. The van der Waals surface area contributed by atoms with Crippen LogP contribution in [0.15, 0.2) is 35.6 Å². The average molecular weight is 333 g/mol. The standard InChI is InChI=1S/C19H31N3O2/c1-6-13(2)19(23)18-15(8-7-14(3)20)17(10-9-16(18)21)24-12-11-22(4)5/h6-7,9-10,19,23H,8,11-12,20-21H2,1-5H3/b13-6+,14-7-. The zero-order valence-electron chi connectivity index (χ0n) is 15.5. The molecule has 1 unspecified atom stereocenters. The number of hydrogen-bond acceptors (Lipinski definition) is 5. The monoisotopic (exact) mass is 333 g/mol. The molecule has 0 heterocycles. The number of nitrogen functional groups attached to an aromatic ring is 1. The highest BCUT2D eigenvalue weighted by atomic mass is 16.5. The number of anilines is 1. The molecule has 0 aliphatic rings. The Hall–Kier alpha value is -1.98. The number of benzene rings is 1. The number of aliphatic hydroxyl groups is 1. The van der Waals surface area contributed by atoms with E-state index >= 15 is 0 Å². The van der Waals surface area contributed by atoms with Crippen LogP contribution in [0.25, 0.3) is 0 Å². The van der Waals surface area contributed by atoms with Crippen molar-refractivity contribution in [2.75, 3.05) is 33.0 Å². The predicted octanol–water partition coefficient (Wildman–Crippen LogP) is 2.61. The number of allylic oxidation sites excluding steroid dienone is 3. The molecule has 0 spiro atoms. The molecular weight excluding hydrogens is 302 g/mol. The van der Waals surface area contributed by atoms with Crippen LogP contribution in [-0.2, 0) is 6.42 Å². The van der Waals surface area contributed by atoms with Gasteiger partial charge in [-0.15, -0.1) is 0 Å². The van der Waals surface area contributed by atoms with Crippen molar-refractivity contribution in [3.63, 3.8) is 0 Å². The number of rotatable bonds is 8. The lowest BCUT2D eigenvalue weighted by atomic mass is 9.93. The number of nitrogens with zero attached hydrogens (tertiary/aromatic N) is 1. The highest BCUT2D eigenvalue weighted by Gasteiger charge is 2.20. The molecule has 134 valence electrons. The summed E-state index contributed by atoms with van der Waals surface area (Å²) in [6.07, 6.45) is 3.61. The summed E-state index contributed by atoms with van der Waals surface area (Å²) >= 11 is 0. The maximum absolute atomic E-state index is 10.7. The summed E-state index contributed by atoms with van der Waals surface area (Å²) in [5.74, 6) is 0.738. The highest BCUT2D eigenvalue weighted by molar-refractivity contribution is 5.59. The first-order chi connectivity index (χ1) is 11.3. The van der Waals surface area contributed by atoms with E-state index in [1.807, 2.05) is 53.1 Å². The van der Waals surface area contributed by atoms with Gasteiger partial charge in [0.1, 0.15) is 18.5 Å². The molecule has 0 aromatic heterocycles. The molecule has 5 nitrogen and oxygen atoms in total. The van der Waals surface area contributed by atoms with Crippen molar-refractivity contribution in [3.8, 4) is 5.75 Å². The van der Waals surface area contributed by atoms with Crippen LogP contribution in [0.3, 0.4) is 0 Å². The zero-order chi connectivity index (χ0) is 18.3. The van der Waals surface area contributed by atoms with Gasteiger partial charge in [0.25, 0.3) is 0 Å². The molecule has 5 heteroatoms. The number of likely N-dealkylation sites (N-methyl/N-ethyl adjacent to an activating group) is 1. The summed E-state index contributed by atoms with van der Waals surface area (Å²) in [5.41, 5.74) is 15.7. The second-order valence-corrected chi connectivity index (χ2v) is 6.28. The second kappa shape index (κ2) is 9.35. The van der Waals surface area contributed by atoms with Crippen LogP contribution < -0.4 is 16.2 Å². The molecule has 0 saturated heterocycles. The van der Waals surface area contributed by atoms with Crippen LogP contribution in [0, 0.1) is 0 Å². The third-order valence-corrected chi connectivity index (χ3v) is 3.93. The average Bonchev–Trinajstić information content (AvgIpc) is 2.52. The van der Waals surface area contributed by atoms with E-state index in [1.54, 1.807) is 6.07 Å². The van der Waals surface area contributed by atoms with Crippen molar-refractivity contribution in [1.82, 2.24) is 4.90 Å². The summed E-state index contributed by atoms with van der Waals surface area (Å²) in [6, 6.07) is 3.65. The highest BCUT2D eigenvalue weighted by Crippen LogP contribution is 2.36. The van der Waals surface area contributed by atoms with Crippen LogP contribution >= 0.6 is 0 Å². The Morgan fingerprint density at radius 2 is 2.00 bits per heavy atom. The van der Waals surface area contributed by atoms with Crippen molar-refractivity contribution in [1.29, 1.82) is 0 Å². The van der Waals surface area contributed by atoms with Crippen LogP contribution in [0.1, 0.15) is 38.0 Å². The van der Waals surface area contributed by atoms with Gasteiger partial charge < -0.3 is 26.2 Å². The van der Waals surface area contributed by atoms with E-state index in [0.29, 0.717) is 24.3 Å². The fraction of sp³-hybridized carbons (Fsp3) is 0.474. The van der Waals surface area contributed by atoms with E-state index in [4.69, 9.17) is 16.2 Å². The summed E-state index contributed by atoms with van der Waals surface area (Å²) < 4.78 is 5.94. The Bertz CT molecular complexity index is 603. The number of aliphatic hydroxyl groups excluding tert-OH is 1. The van der Waals surface area contributed by atoms with Gasteiger partial charge in [0.05, 0.1) is 0 Å². The molecule has 1 aromatic rings. The SMILES string of the molecule is C/C=C(\C)C(O)c1c(N)ccc(OCCN(C)C)c1C/C=C(/C)N. The third kappa shape index (κ3) is 5.58. The van der Waals surface area contributed by atoms with E-state index in [1.165, 1.54) is 0 Å². The molecule has 0 amide bonds. The number of hydrogen-bond donors (Lipinski definition) is 3. The Balaban J connectivity index is 3.30. The number of ether oxygens (including phenoxy) is 1. The quantitative estimate of drug-likeness (QED) is 0.503. The first kappa shape index (κ1) is 20.1. The Labute approximate surface area is 145 Å². The minimum absolute atomic E-state index is 0.557. The van der Waals surface area contributed by atoms with Crippen molar-refractivity contribution < 1.29 is 9.84 Å². The molecule has 1 aromatic carbocycles. The lowest BCUT2D eigenvalue weighted by Crippen LogP contribution is -2.20. The van der Waals surface area contributed by atoms with Crippen molar-refractivity contribution in [3.05, 3.63) is 46.7 Å². The Kier molecular flexibility index (Phi) is 7.82. The summed E-state index contributed by atoms with van der Waals surface area (Å²) in [5, 5.41) is 10.7. The lowest BCUT2D eigenvalue weighted by Gasteiger charge is -2.22. The van der Waals surface area contributed by atoms with Gasteiger partial charge in [-0.2, -0.15) is 0 Å². The first-order valence-electron chi connectivity index (χ1n) is 8.19. The van der Waals surface area contributed by atoms with E-state index in [9.17, 15) is 5.11 Å². The zero-order valence-corrected chi connectivity index (χ0v) is 15.5. The van der Waals surface area contributed by atoms with E-state index < -0.39 is 6.10 Å². The topological polar surface area (TPSA) is 84.7 Å². The predicted molar refractivity (Wildman–Crippen MR) is 101 cm³/mol. The molecular formula is C19H31N3O2. The first-order valence-corrected chi connectivity index (χ1v) is 8.19. The van der Waals surface area contributed by atoms with Crippen molar-refractivity contribution in [2.24, 2.45) is 5.73 Å². The van der Waals surface area contributed by atoms with Crippen LogP contribution in [-0.4, -0.2) is 37.3 Å². The fourth-order valence-corrected chi connectivity index (χ4v) is 2.32. The van der Waals surface area contributed by atoms with Gasteiger partial charge >= 0.3 is 0 Å². The maximum atomic E-state index is 10.7.